The molecule has 0 radical (unpaired) electrons. The van der Waals surface area contributed by atoms with Crippen LogP contribution in [-0.2, 0) is 19.1 Å². The number of halogens is 1. The van der Waals surface area contributed by atoms with Crippen LogP contribution in [0.15, 0.2) is 40.6 Å². The maximum atomic E-state index is 12.5. The molecule has 0 saturated carbocycles. The molecule has 0 unspecified atom stereocenters. The van der Waals surface area contributed by atoms with E-state index in [0.717, 1.165) is 9.37 Å². The zero-order valence-corrected chi connectivity index (χ0v) is 12.1. The predicted octanol–water partition coefficient (Wildman–Crippen LogP) is 1.95. The second kappa shape index (κ2) is 4.28. The summed E-state index contributed by atoms with van der Waals surface area (Å²) in [6.07, 6.45) is 0.993. The lowest BCUT2D eigenvalue weighted by molar-refractivity contribution is -0.143. The van der Waals surface area contributed by atoms with Crippen molar-refractivity contribution in [2.24, 2.45) is 0 Å². The van der Waals surface area contributed by atoms with Gasteiger partial charge in [-0.25, -0.2) is 4.90 Å². The van der Waals surface area contributed by atoms with Gasteiger partial charge in [-0.15, -0.1) is 0 Å². The van der Waals surface area contributed by atoms with Crippen molar-refractivity contribution < 1.29 is 19.1 Å². The summed E-state index contributed by atoms with van der Waals surface area (Å²) in [5.74, 6) is -1.49. The Balaban J connectivity index is 2.00. The molecule has 2 aliphatic rings. The van der Waals surface area contributed by atoms with Crippen LogP contribution < -0.4 is 4.90 Å². The lowest BCUT2D eigenvalue weighted by Gasteiger charge is -2.20. The minimum Gasteiger partial charge on any atom is -0.476 e. The molecule has 0 aromatic heterocycles. The summed E-state index contributed by atoms with van der Waals surface area (Å²) in [4.78, 5) is 37.7. The van der Waals surface area contributed by atoms with E-state index in [9.17, 15) is 14.4 Å². The van der Waals surface area contributed by atoms with Crippen LogP contribution in [0, 0.1) is 0 Å². The molecule has 0 aliphatic carbocycles. The van der Waals surface area contributed by atoms with E-state index in [1.807, 2.05) is 0 Å². The molecule has 3 rings (SSSR count). The zero-order chi connectivity index (χ0) is 14.5. The molecule has 2 heterocycles. The van der Waals surface area contributed by atoms with Crippen molar-refractivity contribution in [3.8, 4) is 0 Å². The van der Waals surface area contributed by atoms with Crippen LogP contribution in [0.2, 0.25) is 0 Å². The monoisotopic (exact) mass is 335 g/mol. The first-order chi connectivity index (χ1) is 9.45. The van der Waals surface area contributed by atoms with Crippen LogP contribution in [-0.4, -0.2) is 23.2 Å². The van der Waals surface area contributed by atoms with E-state index in [-0.39, 0.29) is 6.42 Å². The van der Waals surface area contributed by atoms with Crippen LogP contribution in [0.5, 0.6) is 0 Å². The zero-order valence-electron chi connectivity index (χ0n) is 10.6. The summed E-state index contributed by atoms with van der Waals surface area (Å²) in [6.45, 7) is 1.57. The summed E-state index contributed by atoms with van der Waals surface area (Å²) in [5.41, 5.74) is -0.904. The van der Waals surface area contributed by atoms with Gasteiger partial charge in [-0.3, -0.25) is 14.4 Å². The van der Waals surface area contributed by atoms with Crippen molar-refractivity contribution in [3.05, 3.63) is 40.6 Å². The second-order valence-corrected chi connectivity index (χ2v) is 5.68. The van der Waals surface area contributed by atoms with Crippen LogP contribution in [0.1, 0.15) is 13.3 Å². The summed E-state index contributed by atoms with van der Waals surface area (Å²) < 4.78 is 6.09. The Bertz CT molecular complexity index is 664. The number of hydrogen-bond acceptors (Lipinski definition) is 4. The summed E-state index contributed by atoms with van der Waals surface area (Å²) in [6, 6.07) is 6.72. The third-order valence-electron chi connectivity index (χ3n) is 3.44. The fraction of sp³-hybridized carbons (Fsp3) is 0.214. The highest BCUT2D eigenvalue weighted by Gasteiger charge is 2.61. The van der Waals surface area contributed by atoms with E-state index in [0.29, 0.717) is 11.3 Å². The van der Waals surface area contributed by atoms with Crippen LogP contribution >= 0.6 is 15.9 Å². The van der Waals surface area contributed by atoms with E-state index in [1.165, 1.54) is 6.26 Å². The lowest BCUT2D eigenvalue weighted by Crippen LogP contribution is -2.46. The highest BCUT2D eigenvalue weighted by atomic mass is 79.9. The van der Waals surface area contributed by atoms with Gasteiger partial charge in [-0.2, -0.15) is 0 Å². The molecule has 20 heavy (non-hydrogen) atoms. The quantitative estimate of drug-likeness (QED) is 0.581. The molecule has 1 aromatic rings. The molecule has 6 heteroatoms. The maximum absolute atomic E-state index is 12.5. The van der Waals surface area contributed by atoms with Gasteiger partial charge < -0.3 is 4.74 Å². The highest BCUT2D eigenvalue weighted by Crippen LogP contribution is 2.38. The number of carbonyl (C=O) groups is 3. The third-order valence-corrected chi connectivity index (χ3v) is 3.97. The molecular formula is C14H10BrNO4. The molecule has 1 saturated heterocycles. The van der Waals surface area contributed by atoms with E-state index in [4.69, 9.17) is 4.74 Å². The standard InChI is InChI=1S/C14H10BrNO4/c1-8-7-20-14(12(8)18)6-11(17)16(13(14)19)10-4-2-9(15)3-5-10/h2-5,7H,6H2,1H3/t14-/m1/s1. The summed E-state index contributed by atoms with van der Waals surface area (Å²) in [5, 5.41) is 0. The van der Waals surface area contributed by atoms with E-state index < -0.39 is 23.2 Å². The Kier molecular flexibility index (Phi) is 2.79. The number of Topliss-reactive ketones (excluding diaryl/α,β-unsaturated/α-hetero) is 1. The molecule has 1 atom stereocenters. The molecule has 2 aliphatic heterocycles. The Morgan fingerprint density at radius 1 is 1.20 bits per heavy atom. The van der Waals surface area contributed by atoms with Crippen molar-refractivity contribution in [1.29, 1.82) is 0 Å². The molecule has 1 fully saturated rings. The SMILES string of the molecule is CC1=CO[C@]2(CC(=O)N(c3ccc(Br)cc3)C2=O)C1=O. The summed E-state index contributed by atoms with van der Waals surface area (Å²) >= 11 is 3.29. The number of carbonyl (C=O) groups excluding carboxylic acids is 3. The van der Waals surface area contributed by atoms with Gasteiger partial charge in [0.05, 0.1) is 18.4 Å². The van der Waals surface area contributed by atoms with Gasteiger partial charge in [0.25, 0.3) is 11.5 Å². The molecule has 102 valence electrons. The molecule has 0 bridgehead atoms. The van der Waals surface area contributed by atoms with E-state index in [1.54, 1.807) is 31.2 Å². The largest absolute Gasteiger partial charge is 0.476 e. The van der Waals surface area contributed by atoms with Crippen molar-refractivity contribution in [1.82, 2.24) is 0 Å². The van der Waals surface area contributed by atoms with Gasteiger partial charge in [-0.1, -0.05) is 15.9 Å². The first-order valence-electron chi connectivity index (χ1n) is 5.98. The molecule has 0 N–H and O–H groups in total. The van der Waals surface area contributed by atoms with Crippen molar-refractivity contribution in [2.75, 3.05) is 4.90 Å². The minimum absolute atomic E-state index is 0.255. The molecule has 1 aromatic carbocycles. The van der Waals surface area contributed by atoms with Gasteiger partial charge in [0.2, 0.25) is 11.7 Å². The van der Waals surface area contributed by atoms with Gasteiger partial charge in [0.1, 0.15) is 0 Å². The van der Waals surface area contributed by atoms with Gasteiger partial charge >= 0.3 is 0 Å². The third kappa shape index (κ3) is 1.64. The second-order valence-electron chi connectivity index (χ2n) is 4.76. The Labute approximate surface area is 123 Å². The fourth-order valence-electron chi connectivity index (χ4n) is 2.40. The molecule has 2 amide bonds. The number of ketones is 1. The van der Waals surface area contributed by atoms with Crippen molar-refractivity contribution in [3.63, 3.8) is 0 Å². The fourth-order valence-corrected chi connectivity index (χ4v) is 2.66. The molecule has 1 spiro atoms. The number of benzene rings is 1. The van der Waals surface area contributed by atoms with Crippen LogP contribution in [0.25, 0.3) is 0 Å². The maximum Gasteiger partial charge on any atom is 0.286 e. The number of nitrogens with zero attached hydrogens (tertiary/aromatic N) is 1. The van der Waals surface area contributed by atoms with Crippen molar-refractivity contribution >= 4 is 39.2 Å². The van der Waals surface area contributed by atoms with E-state index >= 15 is 0 Å². The van der Waals surface area contributed by atoms with Crippen molar-refractivity contribution in [2.45, 2.75) is 18.9 Å². The number of anilines is 1. The Morgan fingerprint density at radius 3 is 2.40 bits per heavy atom. The van der Waals surface area contributed by atoms with Gasteiger partial charge in [0, 0.05) is 10.0 Å². The number of hydrogen-bond donors (Lipinski definition) is 0. The number of rotatable bonds is 1. The number of ether oxygens (including phenoxy) is 1. The summed E-state index contributed by atoms with van der Waals surface area (Å²) in [7, 11) is 0. The Morgan fingerprint density at radius 2 is 1.85 bits per heavy atom. The molecular weight excluding hydrogens is 326 g/mol. The minimum atomic E-state index is -1.69. The lowest BCUT2D eigenvalue weighted by atomic mass is 9.94. The van der Waals surface area contributed by atoms with Crippen LogP contribution in [0.3, 0.4) is 0 Å². The van der Waals surface area contributed by atoms with Gasteiger partial charge in [0.15, 0.2) is 0 Å². The first kappa shape index (κ1) is 13.1. The first-order valence-corrected chi connectivity index (χ1v) is 6.77. The molecule has 5 nitrogen and oxygen atoms in total. The Hall–Kier alpha value is -1.95. The topological polar surface area (TPSA) is 63.7 Å². The predicted molar refractivity (Wildman–Crippen MR) is 73.8 cm³/mol. The van der Waals surface area contributed by atoms with Gasteiger partial charge in [-0.05, 0) is 31.2 Å². The average molecular weight is 336 g/mol. The highest BCUT2D eigenvalue weighted by molar-refractivity contribution is 9.10. The number of amides is 2. The van der Waals surface area contributed by atoms with E-state index in [2.05, 4.69) is 15.9 Å². The van der Waals surface area contributed by atoms with Crippen LogP contribution in [0.4, 0.5) is 5.69 Å². The number of imide groups is 1. The normalized spacial score (nSPS) is 25.4. The average Bonchev–Trinajstić information content (AvgIpc) is 2.84. The smallest absolute Gasteiger partial charge is 0.286 e.